The fourth-order valence-electron chi connectivity index (χ4n) is 6.60. The fraction of sp³-hybridized carbons (Fsp3) is 0.375. The van der Waals surface area contributed by atoms with Gasteiger partial charge in [0.15, 0.2) is 0 Å². The number of aryl methyl sites for hydroxylation is 1. The van der Waals surface area contributed by atoms with E-state index in [-0.39, 0.29) is 29.1 Å². The minimum Gasteiger partial charge on any atom is -0.494 e. The number of nitrogens with one attached hydrogen (secondary N) is 1. The molecule has 2 aromatic rings. The number of hydrogen-bond donors (Lipinski definition) is 1. The van der Waals surface area contributed by atoms with E-state index in [2.05, 4.69) is 5.32 Å². The maximum atomic E-state index is 14.1. The predicted octanol–water partition coefficient (Wildman–Crippen LogP) is 3.00. The maximum Gasteiger partial charge on any atom is 0.273 e. The van der Waals surface area contributed by atoms with E-state index in [0.29, 0.717) is 29.2 Å². The number of ether oxygens (including phenoxy) is 1. The first-order chi connectivity index (χ1) is 16.7. The Labute approximate surface area is 204 Å². The maximum absolute atomic E-state index is 14.1. The van der Waals surface area contributed by atoms with Crippen LogP contribution in [0, 0.1) is 28.9 Å². The molecule has 3 fully saturated rings. The van der Waals surface area contributed by atoms with Crippen molar-refractivity contribution in [3.05, 3.63) is 56.6 Å². The lowest BCUT2D eigenvalue weighted by Gasteiger charge is -2.36. The summed E-state index contributed by atoms with van der Waals surface area (Å²) in [4.78, 5) is 55.4. The number of carbonyl (C=O) groups excluding carboxylic acids is 3. The quantitative estimate of drug-likeness (QED) is 0.393. The van der Waals surface area contributed by atoms with Crippen LogP contribution in [-0.2, 0) is 19.9 Å². The number of nitro groups is 1. The van der Waals surface area contributed by atoms with Crippen LogP contribution >= 0.6 is 11.6 Å². The van der Waals surface area contributed by atoms with Gasteiger partial charge >= 0.3 is 0 Å². The van der Waals surface area contributed by atoms with Gasteiger partial charge in [-0.05, 0) is 44.0 Å². The molecular weight excluding hydrogens is 476 g/mol. The number of fused-ring (bicyclic) bond motifs is 7. The zero-order chi connectivity index (χ0) is 24.8. The molecule has 6 rings (SSSR count). The molecular formula is C24H21ClN4O6. The average molecular weight is 497 g/mol. The van der Waals surface area contributed by atoms with Gasteiger partial charge in [-0.25, -0.2) is 4.90 Å². The minimum absolute atomic E-state index is 0.0355. The Kier molecular flexibility index (Phi) is 4.56. The lowest BCUT2D eigenvalue weighted by Crippen LogP contribution is -2.54. The standard InChI is InChI=1S/C24H21ClN4O6/c1-11-8-13-20(14(25)9-11)26-23(32)24(13)19-18(16-4-3-7-27(16)24)21(30)28(22(19)31)15-6-5-12(29(33)34)10-17(15)35-2/h5-6,8-10,16,18-19H,3-4,7H2,1-2H3,(H,26,32)/t16-,18+,19-,24+/m0/s1. The van der Waals surface area contributed by atoms with Gasteiger partial charge in [0.1, 0.15) is 11.3 Å². The van der Waals surface area contributed by atoms with Crippen molar-refractivity contribution in [3.8, 4) is 5.75 Å². The number of non-ortho nitro benzene ring substituents is 1. The van der Waals surface area contributed by atoms with E-state index < -0.39 is 34.1 Å². The van der Waals surface area contributed by atoms with Crippen molar-refractivity contribution >= 4 is 46.4 Å². The fourth-order valence-corrected chi connectivity index (χ4v) is 6.92. The largest absolute Gasteiger partial charge is 0.494 e. The Morgan fingerprint density at radius 2 is 1.97 bits per heavy atom. The number of anilines is 2. The van der Waals surface area contributed by atoms with E-state index in [1.54, 1.807) is 6.07 Å². The molecule has 0 bridgehead atoms. The van der Waals surface area contributed by atoms with Crippen LogP contribution in [0.3, 0.4) is 0 Å². The summed E-state index contributed by atoms with van der Waals surface area (Å²) in [6.45, 7) is 2.45. The Morgan fingerprint density at radius 3 is 2.69 bits per heavy atom. The molecule has 180 valence electrons. The van der Waals surface area contributed by atoms with Gasteiger partial charge in [-0.15, -0.1) is 0 Å². The van der Waals surface area contributed by atoms with Gasteiger partial charge in [0.2, 0.25) is 11.8 Å². The lowest BCUT2D eigenvalue weighted by molar-refractivity contribution is -0.384. The molecule has 0 radical (unpaired) electrons. The monoisotopic (exact) mass is 496 g/mol. The van der Waals surface area contributed by atoms with Gasteiger partial charge in [-0.1, -0.05) is 17.7 Å². The van der Waals surface area contributed by atoms with Gasteiger partial charge in [0.05, 0.1) is 46.3 Å². The molecule has 4 aliphatic rings. The van der Waals surface area contributed by atoms with Gasteiger partial charge in [-0.3, -0.25) is 29.4 Å². The van der Waals surface area contributed by atoms with Crippen LogP contribution in [0.2, 0.25) is 5.02 Å². The molecule has 0 aromatic heterocycles. The molecule has 2 aromatic carbocycles. The number of amides is 3. The zero-order valence-corrected chi connectivity index (χ0v) is 19.7. The highest BCUT2D eigenvalue weighted by atomic mass is 35.5. The second kappa shape index (κ2) is 7.25. The van der Waals surface area contributed by atoms with Crippen LogP contribution in [0.15, 0.2) is 30.3 Å². The molecule has 10 nitrogen and oxygen atoms in total. The number of benzene rings is 2. The molecule has 35 heavy (non-hydrogen) atoms. The second-order valence-electron chi connectivity index (χ2n) is 9.42. The van der Waals surface area contributed by atoms with Gasteiger partial charge < -0.3 is 10.1 Å². The number of hydrogen-bond acceptors (Lipinski definition) is 7. The summed E-state index contributed by atoms with van der Waals surface area (Å²) in [5.41, 5.74) is 0.479. The number of nitro benzene ring substituents is 1. The van der Waals surface area contributed by atoms with Crippen LogP contribution in [0.5, 0.6) is 5.75 Å². The molecule has 0 aliphatic carbocycles. The highest BCUT2D eigenvalue weighted by molar-refractivity contribution is 6.35. The lowest BCUT2D eigenvalue weighted by atomic mass is 9.75. The first kappa shape index (κ1) is 22.0. The molecule has 0 unspecified atom stereocenters. The zero-order valence-electron chi connectivity index (χ0n) is 18.9. The Bertz CT molecular complexity index is 1360. The van der Waals surface area contributed by atoms with Crippen LogP contribution in [-0.4, -0.2) is 47.2 Å². The molecule has 11 heteroatoms. The van der Waals surface area contributed by atoms with Crippen LogP contribution in [0.4, 0.5) is 17.1 Å². The third-order valence-electron chi connectivity index (χ3n) is 7.81. The smallest absolute Gasteiger partial charge is 0.273 e. The van der Waals surface area contributed by atoms with E-state index in [4.69, 9.17) is 16.3 Å². The van der Waals surface area contributed by atoms with Crippen LogP contribution in [0.1, 0.15) is 24.0 Å². The van der Waals surface area contributed by atoms with Crippen LogP contribution < -0.4 is 15.0 Å². The number of nitrogens with zero attached hydrogens (tertiary/aromatic N) is 3. The van der Waals surface area contributed by atoms with E-state index in [0.717, 1.165) is 16.9 Å². The first-order valence-corrected chi connectivity index (χ1v) is 11.7. The second-order valence-corrected chi connectivity index (χ2v) is 9.83. The summed E-state index contributed by atoms with van der Waals surface area (Å²) in [6.07, 6.45) is 1.47. The van der Waals surface area contributed by atoms with Crippen molar-refractivity contribution < 1.29 is 24.0 Å². The molecule has 4 aliphatic heterocycles. The van der Waals surface area contributed by atoms with Gasteiger partial charge in [0.25, 0.3) is 11.6 Å². The van der Waals surface area contributed by atoms with E-state index in [1.807, 2.05) is 17.9 Å². The Hall–Kier alpha value is -3.50. The summed E-state index contributed by atoms with van der Waals surface area (Å²) in [6, 6.07) is 7.08. The third kappa shape index (κ3) is 2.61. The predicted molar refractivity (Wildman–Crippen MR) is 125 cm³/mol. The first-order valence-electron chi connectivity index (χ1n) is 11.3. The number of imide groups is 1. The number of halogens is 1. The summed E-state index contributed by atoms with van der Waals surface area (Å²) >= 11 is 6.49. The summed E-state index contributed by atoms with van der Waals surface area (Å²) < 4.78 is 5.32. The average Bonchev–Trinajstić information content (AvgIpc) is 3.52. The topological polar surface area (TPSA) is 122 Å². The number of methoxy groups -OCH3 is 1. The summed E-state index contributed by atoms with van der Waals surface area (Å²) in [7, 11) is 1.32. The van der Waals surface area contributed by atoms with Crippen molar-refractivity contribution in [1.29, 1.82) is 0 Å². The Balaban J connectivity index is 1.55. The van der Waals surface area contributed by atoms with Crippen molar-refractivity contribution in [2.45, 2.75) is 31.3 Å². The van der Waals surface area contributed by atoms with Crippen molar-refractivity contribution in [2.24, 2.45) is 11.8 Å². The number of carbonyl (C=O) groups is 3. The molecule has 4 atom stereocenters. The minimum atomic E-state index is -1.35. The molecule has 3 saturated heterocycles. The van der Waals surface area contributed by atoms with Gasteiger partial charge in [0, 0.05) is 17.7 Å². The van der Waals surface area contributed by atoms with Crippen molar-refractivity contribution in [2.75, 3.05) is 23.9 Å². The molecule has 1 N–H and O–H groups in total. The Morgan fingerprint density at radius 1 is 1.20 bits per heavy atom. The van der Waals surface area contributed by atoms with E-state index in [1.165, 1.54) is 25.3 Å². The molecule has 3 amide bonds. The van der Waals surface area contributed by atoms with Crippen LogP contribution in [0.25, 0.3) is 0 Å². The number of rotatable bonds is 3. The highest BCUT2D eigenvalue weighted by Crippen LogP contribution is 2.61. The molecule has 4 heterocycles. The van der Waals surface area contributed by atoms with Crippen molar-refractivity contribution in [3.63, 3.8) is 0 Å². The molecule has 0 saturated carbocycles. The molecule has 1 spiro atoms. The highest BCUT2D eigenvalue weighted by Gasteiger charge is 2.75. The normalized spacial score (nSPS) is 28.9. The SMILES string of the molecule is COc1cc([N+](=O)[O-])ccc1N1C(=O)[C@H]2[C@@H](C1=O)[C@]1(C(=O)Nc3c(Cl)cc(C)cc31)N1CCC[C@@H]21. The van der Waals surface area contributed by atoms with E-state index in [9.17, 15) is 24.5 Å². The summed E-state index contributed by atoms with van der Waals surface area (Å²) in [5.74, 6) is -2.98. The third-order valence-corrected chi connectivity index (χ3v) is 8.11. The van der Waals surface area contributed by atoms with E-state index >= 15 is 0 Å². The van der Waals surface area contributed by atoms with Gasteiger partial charge in [-0.2, -0.15) is 0 Å². The summed E-state index contributed by atoms with van der Waals surface area (Å²) in [5, 5.41) is 14.5. The van der Waals surface area contributed by atoms with Crippen molar-refractivity contribution in [1.82, 2.24) is 4.90 Å².